The summed E-state index contributed by atoms with van der Waals surface area (Å²) >= 11 is 0. The first-order valence-corrected chi connectivity index (χ1v) is 4.51. The van der Waals surface area contributed by atoms with Crippen molar-refractivity contribution >= 4 is 17.2 Å². The third-order valence-electron chi connectivity index (χ3n) is 1.93. The number of nitrogens with one attached hydrogen (secondary N) is 1. The second kappa shape index (κ2) is 3.97. The topological polar surface area (TPSA) is 85.9 Å². The molecular weight excluding hydrogens is 210 g/mol. The number of aromatic nitrogens is 3. The zero-order valence-electron chi connectivity index (χ0n) is 8.49. The Balaban J connectivity index is 2.14. The summed E-state index contributed by atoms with van der Waals surface area (Å²) in [6.45, 7) is 0. The Labute approximate surface area is 90.9 Å². The monoisotopic (exact) mass is 219 g/mol. The number of rotatable bonds is 3. The first kappa shape index (κ1) is 10.1. The molecule has 0 fully saturated rings. The van der Waals surface area contributed by atoms with Crippen molar-refractivity contribution in [3.8, 4) is 0 Å². The summed E-state index contributed by atoms with van der Waals surface area (Å²) in [4.78, 5) is 13.5. The van der Waals surface area contributed by atoms with Crippen molar-refractivity contribution in [3.63, 3.8) is 0 Å². The summed E-state index contributed by atoms with van der Waals surface area (Å²) in [5.74, 6) is -0.170. The van der Waals surface area contributed by atoms with Gasteiger partial charge < -0.3 is 15.4 Å². The van der Waals surface area contributed by atoms with Gasteiger partial charge in [0.15, 0.2) is 6.20 Å². The first-order valence-electron chi connectivity index (χ1n) is 4.51. The van der Waals surface area contributed by atoms with E-state index in [1.165, 1.54) is 12.3 Å². The van der Waals surface area contributed by atoms with Crippen molar-refractivity contribution < 1.29 is 4.92 Å². The Hall–Kier alpha value is -2.44. The van der Waals surface area contributed by atoms with Crippen LogP contribution in [0.1, 0.15) is 0 Å². The van der Waals surface area contributed by atoms with Gasteiger partial charge in [0.05, 0.1) is 17.6 Å². The van der Waals surface area contributed by atoms with Crippen LogP contribution in [0.3, 0.4) is 0 Å². The molecule has 0 aromatic carbocycles. The van der Waals surface area contributed by atoms with E-state index in [-0.39, 0.29) is 5.82 Å². The zero-order valence-corrected chi connectivity index (χ0v) is 8.49. The summed E-state index contributed by atoms with van der Waals surface area (Å²) in [5, 5.41) is 17.4. The van der Waals surface area contributed by atoms with Gasteiger partial charge in [-0.3, -0.25) is 4.68 Å². The third kappa shape index (κ3) is 2.14. The molecule has 0 saturated carbocycles. The highest BCUT2D eigenvalue weighted by Gasteiger charge is 2.06. The van der Waals surface area contributed by atoms with E-state index >= 15 is 0 Å². The van der Waals surface area contributed by atoms with E-state index in [1.807, 2.05) is 0 Å². The molecule has 82 valence electrons. The maximum absolute atomic E-state index is 10.4. The lowest BCUT2D eigenvalue weighted by Gasteiger charge is -1.99. The Morgan fingerprint density at radius 1 is 1.38 bits per heavy atom. The average molecular weight is 219 g/mol. The SMILES string of the molecule is Cn1cc(Nc2ccc([N+](=O)[O-])nc2)cn1. The molecule has 16 heavy (non-hydrogen) atoms. The Morgan fingerprint density at radius 3 is 2.69 bits per heavy atom. The predicted octanol–water partition coefficient (Wildman–Crippen LogP) is 1.47. The van der Waals surface area contributed by atoms with Gasteiger partial charge in [0, 0.05) is 19.3 Å². The number of pyridine rings is 1. The van der Waals surface area contributed by atoms with Gasteiger partial charge in [-0.15, -0.1) is 0 Å². The van der Waals surface area contributed by atoms with Crippen LogP contribution in [0.2, 0.25) is 0 Å². The van der Waals surface area contributed by atoms with Crippen LogP contribution >= 0.6 is 0 Å². The summed E-state index contributed by atoms with van der Waals surface area (Å²) < 4.78 is 1.65. The number of hydrogen-bond donors (Lipinski definition) is 1. The summed E-state index contributed by atoms with van der Waals surface area (Å²) in [7, 11) is 1.80. The van der Waals surface area contributed by atoms with Gasteiger partial charge in [-0.05, 0) is 16.0 Å². The number of aryl methyl sites for hydroxylation is 1. The van der Waals surface area contributed by atoms with Crippen LogP contribution in [0.25, 0.3) is 0 Å². The van der Waals surface area contributed by atoms with Gasteiger partial charge in [-0.2, -0.15) is 5.10 Å². The highest BCUT2D eigenvalue weighted by molar-refractivity contribution is 5.57. The van der Waals surface area contributed by atoms with Gasteiger partial charge in [0.2, 0.25) is 0 Å². The van der Waals surface area contributed by atoms with Gasteiger partial charge in [-0.1, -0.05) is 0 Å². The van der Waals surface area contributed by atoms with Crippen LogP contribution in [0.4, 0.5) is 17.2 Å². The van der Waals surface area contributed by atoms with E-state index in [2.05, 4.69) is 15.4 Å². The molecule has 0 aliphatic carbocycles. The molecule has 7 nitrogen and oxygen atoms in total. The van der Waals surface area contributed by atoms with E-state index in [0.29, 0.717) is 5.69 Å². The van der Waals surface area contributed by atoms with E-state index in [1.54, 1.807) is 30.2 Å². The second-order valence-electron chi connectivity index (χ2n) is 3.19. The molecule has 0 saturated heterocycles. The number of hydrogen-bond acceptors (Lipinski definition) is 5. The highest BCUT2D eigenvalue weighted by Crippen LogP contribution is 2.16. The molecule has 7 heteroatoms. The Morgan fingerprint density at radius 2 is 2.19 bits per heavy atom. The average Bonchev–Trinajstić information content (AvgIpc) is 2.65. The minimum atomic E-state index is -0.534. The fourth-order valence-electron chi connectivity index (χ4n) is 1.22. The Kier molecular flexibility index (Phi) is 2.50. The van der Waals surface area contributed by atoms with Crippen molar-refractivity contribution in [2.75, 3.05) is 5.32 Å². The van der Waals surface area contributed by atoms with Crippen LogP contribution in [0, 0.1) is 10.1 Å². The van der Waals surface area contributed by atoms with Crippen molar-refractivity contribution in [1.29, 1.82) is 0 Å². The molecule has 0 unspecified atom stereocenters. The smallest absolute Gasteiger partial charge is 0.358 e. The molecule has 0 aliphatic rings. The summed E-state index contributed by atoms with van der Waals surface area (Å²) in [6, 6.07) is 2.94. The minimum absolute atomic E-state index is 0.170. The van der Waals surface area contributed by atoms with Gasteiger partial charge >= 0.3 is 5.82 Å². The van der Waals surface area contributed by atoms with E-state index < -0.39 is 4.92 Å². The highest BCUT2D eigenvalue weighted by atomic mass is 16.6. The molecule has 2 heterocycles. The van der Waals surface area contributed by atoms with Crippen molar-refractivity contribution in [1.82, 2.24) is 14.8 Å². The molecular formula is C9H9N5O2. The van der Waals surface area contributed by atoms with Crippen molar-refractivity contribution in [2.45, 2.75) is 0 Å². The predicted molar refractivity (Wildman–Crippen MR) is 57.4 cm³/mol. The minimum Gasteiger partial charge on any atom is -0.358 e. The quantitative estimate of drug-likeness (QED) is 0.624. The van der Waals surface area contributed by atoms with E-state index in [4.69, 9.17) is 0 Å². The molecule has 0 radical (unpaired) electrons. The number of nitrogens with zero attached hydrogens (tertiary/aromatic N) is 4. The fourth-order valence-corrected chi connectivity index (χ4v) is 1.22. The third-order valence-corrected chi connectivity index (χ3v) is 1.93. The lowest BCUT2D eigenvalue weighted by atomic mass is 10.4. The lowest BCUT2D eigenvalue weighted by Crippen LogP contribution is -1.94. The van der Waals surface area contributed by atoms with Crippen molar-refractivity contribution in [2.24, 2.45) is 7.05 Å². The van der Waals surface area contributed by atoms with Crippen LogP contribution < -0.4 is 5.32 Å². The number of nitro groups is 1. The fraction of sp³-hybridized carbons (Fsp3) is 0.111. The largest absolute Gasteiger partial charge is 0.363 e. The second-order valence-corrected chi connectivity index (χ2v) is 3.19. The molecule has 0 atom stereocenters. The van der Waals surface area contributed by atoms with Crippen LogP contribution in [-0.2, 0) is 7.05 Å². The summed E-state index contributed by atoms with van der Waals surface area (Å²) in [5.41, 5.74) is 1.48. The standard InChI is InChI=1S/C9H9N5O2/c1-13-6-8(5-11-13)12-7-2-3-9(10-4-7)14(15)16/h2-6,12H,1H3. The molecule has 0 amide bonds. The molecule has 2 rings (SSSR count). The molecule has 0 spiro atoms. The molecule has 2 aromatic heterocycles. The molecule has 2 aromatic rings. The van der Waals surface area contributed by atoms with Crippen LogP contribution in [0.5, 0.6) is 0 Å². The summed E-state index contributed by atoms with van der Waals surface area (Å²) in [6.07, 6.45) is 4.86. The van der Waals surface area contributed by atoms with Gasteiger partial charge in [0.25, 0.3) is 0 Å². The van der Waals surface area contributed by atoms with Gasteiger partial charge in [0.1, 0.15) is 0 Å². The van der Waals surface area contributed by atoms with Crippen molar-refractivity contribution in [3.05, 3.63) is 40.8 Å². The number of anilines is 2. The first-order chi connectivity index (χ1) is 7.65. The molecule has 0 bridgehead atoms. The van der Waals surface area contributed by atoms with E-state index in [9.17, 15) is 10.1 Å². The van der Waals surface area contributed by atoms with E-state index in [0.717, 1.165) is 5.69 Å². The van der Waals surface area contributed by atoms with Crippen LogP contribution in [0.15, 0.2) is 30.7 Å². The lowest BCUT2D eigenvalue weighted by molar-refractivity contribution is -0.389. The molecule has 0 aliphatic heterocycles. The Bertz CT molecular complexity index is 505. The maximum atomic E-state index is 10.4. The molecule has 1 N–H and O–H groups in total. The van der Waals surface area contributed by atoms with Gasteiger partial charge in [-0.25, -0.2) is 0 Å². The zero-order chi connectivity index (χ0) is 11.5. The van der Waals surface area contributed by atoms with Crippen LogP contribution in [-0.4, -0.2) is 19.7 Å². The normalized spacial score (nSPS) is 10.1. The maximum Gasteiger partial charge on any atom is 0.363 e.